The Morgan fingerprint density at radius 2 is 2.05 bits per heavy atom. The lowest BCUT2D eigenvalue weighted by Crippen LogP contribution is -2.18. The molecule has 0 bridgehead atoms. The third-order valence-corrected chi connectivity index (χ3v) is 4.39. The van der Waals surface area contributed by atoms with Crippen molar-refractivity contribution in [3.63, 3.8) is 0 Å². The Bertz CT molecular complexity index is 747. The largest absolute Gasteiger partial charge is 0.316 e. The number of primary sulfonamides is 1. The molecule has 5 nitrogen and oxygen atoms in total. The van der Waals surface area contributed by atoms with Crippen molar-refractivity contribution >= 4 is 32.4 Å². The minimum atomic E-state index is -3.79. The molecule has 114 valence electrons. The lowest BCUT2D eigenvalue weighted by Gasteiger charge is -2.09. The molecule has 0 saturated carbocycles. The molecule has 0 saturated heterocycles. The number of rotatable bonds is 6. The molecule has 3 N–H and O–H groups in total. The standard InChI is InChI=1S/C14H18ClN3O2S/c1-2-7-17-8-6-10-9-12-11(14(15)18-10)4-3-5-13(12)21(16,19)20/h3-5,9,17H,2,6-8H2,1H3,(H2,16,19,20). The van der Waals surface area contributed by atoms with Crippen molar-refractivity contribution in [1.29, 1.82) is 0 Å². The molecule has 2 aromatic rings. The first kappa shape index (κ1) is 16.2. The van der Waals surface area contributed by atoms with Gasteiger partial charge in [0.15, 0.2) is 0 Å². The molecule has 0 aliphatic heterocycles. The van der Waals surface area contributed by atoms with Crippen LogP contribution >= 0.6 is 11.6 Å². The number of nitrogens with zero attached hydrogens (tertiary/aromatic N) is 1. The number of pyridine rings is 1. The average Bonchev–Trinajstić information content (AvgIpc) is 2.42. The van der Waals surface area contributed by atoms with Crippen molar-refractivity contribution in [2.24, 2.45) is 5.14 Å². The smallest absolute Gasteiger partial charge is 0.238 e. The average molecular weight is 328 g/mol. The third kappa shape index (κ3) is 3.91. The van der Waals surface area contributed by atoms with E-state index in [0.717, 1.165) is 25.2 Å². The highest BCUT2D eigenvalue weighted by atomic mass is 35.5. The highest BCUT2D eigenvalue weighted by Crippen LogP contribution is 2.27. The molecule has 0 aliphatic rings. The Balaban J connectivity index is 2.43. The van der Waals surface area contributed by atoms with Crippen LogP contribution in [-0.4, -0.2) is 26.5 Å². The Hall–Kier alpha value is -1.21. The van der Waals surface area contributed by atoms with Crippen molar-refractivity contribution in [2.75, 3.05) is 13.1 Å². The molecule has 0 aliphatic carbocycles. The number of hydrogen-bond donors (Lipinski definition) is 2. The number of hydrogen-bond acceptors (Lipinski definition) is 4. The maximum atomic E-state index is 11.7. The Labute approximate surface area is 129 Å². The predicted octanol–water partition coefficient (Wildman–Crippen LogP) is 2.08. The van der Waals surface area contributed by atoms with Crippen molar-refractivity contribution in [2.45, 2.75) is 24.7 Å². The number of aromatic nitrogens is 1. The van der Waals surface area contributed by atoms with Crippen LogP contribution in [-0.2, 0) is 16.4 Å². The van der Waals surface area contributed by atoms with Crippen molar-refractivity contribution < 1.29 is 8.42 Å². The first-order valence-corrected chi connectivity index (χ1v) is 8.67. The van der Waals surface area contributed by atoms with Gasteiger partial charge in [0.1, 0.15) is 5.15 Å². The fourth-order valence-corrected chi connectivity index (χ4v) is 3.17. The summed E-state index contributed by atoms with van der Waals surface area (Å²) in [7, 11) is -3.79. The van der Waals surface area contributed by atoms with E-state index in [1.165, 1.54) is 6.07 Å². The molecular formula is C14H18ClN3O2S. The summed E-state index contributed by atoms with van der Waals surface area (Å²) in [5.74, 6) is 0. The topological polar surface area (TPSA) is 85.1 Å². The van der Waals surface area contributed by atoms with E-state index in [1.54, 1.807) is 18.2 Å². The normalized spacial score (nSPS) is 12.0. The van der Waals surface area contributed by atoms with Crippen molar-refractivity contribution in [3.8, 4) is 0 Å². The number of halogens is 1. The first-order chi connectivity index (χ1) is 9.93. The lowest BCUT2D eigenvalue weighted by molar-refractivity contribution is 0.598. The molecule has 0 radical (unpaired) electrons. The van der Waals surface area contributed by atoms with Crippen LogP contribution in [0.5, 0.6) is 0 Å². The summed E-state index contributed by atoms with van der Waals surface area (Å²) in [5, 5.41) is 9.93. The second kappa shape index (κ2) is 6.70. The maximum absolute atomic E-state index is 11.7. The van der Waals surface area contributed by atoms with Crippen LogP contribution in [0.2, 0.25) is 5.15 Å². The summed E-state index contributed by atoms with van der Waals surface area (Å²) < 4.78 is 23.3. The van der Waals surface area contributed by atoms with Gasteiger partial charge in [-0.1, -0.05) is 30.7 Å². The Morgan fingerprint density at radius 3 is 2.71 bits per heavy atom. The molecule has 0 amide bonds. The van der Waals surface area contributed by atoms with Gasteiger partial charge in [0.05, 0.1) is 4.90 Å². The number of nitrogens with one attached hydrogen (secondary N) is 1. The van der Waals surface area contributed by atoms with Crippen LogP contribution in [0.25, 0.3) is 10.8 Å². The van der Waals surface area contributed by atoms with E-state index in [-0.39, 0.29) is 4.90 Å². The summed E-state index contributed by atoms with van der Waals surface area (Å²) in [4.78, 5) is 4.39. The molecule has 21 heavy (non-hydrogen) atoms. The highest BCUT2D eigenvalue weighted by molar-refractivity contribution is 7.89. The number of nitrogens with two attached hydrogens (primary N) is 1. The molecule has 1 aromatic carbocycles. The van der Waals surface area contributed by atoms with Gasteiger partial charge in [-0.15, -0.1) is 0 Å². The van der Waals surface area contributed by atoms with Crippen LogP contribution in [0.1, 0.15) is 19.0 Å². The second-order valence-electron chi connectivity index (χ2n) is 4.80. The van der Waals surface area contributed by atoms with E-state index in [0.29, 0.717) is 22.3 Å². The van der Waals surface area contributed by atoms with Gasteiger partial charge in [-0.05, 0) is 25.1 Å². The van der Waals surface area contributed by atoms with Crippen molar-refractivity contribution in [1.82, 2.24) is 10.3 Å². The van der Waals surface area contributed by atoms with Crippen LogP contribution in [0.4, 0.5) is 0 Å². The highest BCUT2D eigenvalue weighted by Gasteiger charge is 2.15. The zero-order valence-electron chi connectivity index (χ0n) is 11.8. The van der Waals surface area contributed by atoms with Crippen LogP contribution in [0, 0.1) is 0 Å². The molecule has 7 heteroatoms. The monoisotopic (exact) mass is 327 g/mol. The Kier molecular flexibility index (Phi) is 5.16. The van der Waals surface area contributed by atoms with Crippen molar-refractivity contribution in [3.05, 3.63) is 35.1 Å². The van der Waals surface area contributed by atoms with E-state index in [2.05, 4.69) is 17.2 Å². The van der Waals surface area contributed by atoms with E-state index < -0.39 is 10.0 Å². The fourth-order valence-electron chi connectivity index (χ4n) is 2.15. The predicted molar refractivity (Wildman–Crippen MR) is 85.0 cm³/mol. The fraction of sp³-hybridized carbons (Fsp3) is 0.357. The summed E-state index contributed by atoms with van der Waals surface area (Å²) in [5.41, 5.74) is 0.743. The van der Waals surface area contributed by atoms with Gasteiger partial charge in [0, 0.05) is 29.4 Å². The maximum Gasteiger partial charge on any atom is 0.238 e. The SMILES string of the molecule is CCCNCCc1cc2c(S(N)(=O)=O)cccc2c(Cl)n1. The van der Waals surface area contributed by atoms with Gasteiger partial charge >= 0.3 is 0 Å². The molecule has 0 atom stereocenters. The summed E-state index contributed by atoms with van der Waals surface area (Å²) in [6, 6.07) is 6.57. The summed E-state index contributed by atoms with van der Waals surface area (Å²) in [6.45, 7) is 3.79. The van der Waals surface area contributed by atoms with Gasteiger partial charge in [-0.3, -0.25) is 0 Å². The van der Waals surface area contributed by atoms with Crippen LogP contribution in [0.15, 0.2) is 29.2 Å². The lowest BCUT2D eigenvalue weighted by atomic mass is 10.1. The molecule has 1 heterocycles. The van der Waals surface area contributed by atoms with E-state index in [4.69, 9.17) is 16.7 Å². The van der Waals surface area contributed by atoms with E-state index >= 15 is 0 Å². The summed E-state index contributed by atoms with van der Waals surface area (Å²) >= 11 is 6.16. The number of benzene rings is 1. The first-order valence-electron chi connectivity index (χ1n) is 6.75. The molecule has 1 aromatic heterocycles. The van der Waals surface area contributed by atoms with E-state index in [1.807, 2.05) is 0 Å². The van der Waals surface area contributed by atoms with Gasteiger partial charge < -0.3 is 5.32 Å². The van der Waals surface area contributed by atoms with Gasteiger partial charge in [0.2, 0.25) is 10.0 Å². The number of fused-ring (bicyclic) bond motifs is 1. The quantitative estimate of drug-likeness (QED) is 0.628. The Morgan fingerprint density at radius 1 is 1.29 bits per heavy atom. The molecule has 0 unspecified atom stereocenters. The minimum absolute atomic E-state index is 0.0760. The summed E-state index contributed by atoms with van der Waals surface area (Å²) in [6.07, 6.45) is 1.73. The molecular weight excluding hydrogens is 310 g/mol. The second-order valence-corrected chi connectivity index (χ2v) is 6.69. The molecule has 0 spiro atoms. The van der Waals surface area contributed by atoms with Gasteiger partial charge in [-0.25, -0.2) is 18.5 Å². The zero-order chi connectivity index (χ0) is 15.5. The molecule has 0 fully saturated rings. The number of sulfonamides is 1. The zero-order valence-corrected chi connectivity index (χ0v) is 13.3. The van der Waals surface area contributed by atoms with Crippen LogP contribution in [0.3, 0.4) is 0 Å². The third-order valence-electron chi connectivity index (χ3n) is 3.13. The van der Waals surface area contributed by atoms with Gasteiger partial charge in [0.25, 0.3) is 0 Å². The van der Waals surface area contributed by atoms with Gasteiger partial charge in [-0.2, -0.15) is 0 Å². The van der Waals surface area contributed by atoms with E-state index in [9.17, 15) is 8.42 Å². The molecule has 2 rings (SSSR count). The van der Waals surface area contributed by atoms with Crippen LogP contribution < -0.4 is 10.5 Å². The minimum Gasteiger partial charge on any atom is -0.316 e.